The first-order valence-corrected chi connectivity index (χ1v) is 5.68. The average molecular weight is 257 g/mol. The predicted octanol–water partition coefficient (Wildman–Crippen LogP) is 0.423. The van der Waals surface area contributed by atoms with E-state index in [1.807, 2.05) is 0 Å². The lowest BCUT2D eigenvalue weighted by molar-refractivity contribution is -0.696. The van der Waals surface area contributed by atoms with Crippen molar-refractivity contribution in [3.05, 3.63) is 46.0 Å². The van der Waals surface area contributed by atoms with Gasteiger partial charge in [0.15, 0.2) is 0 Å². The number of hydrogen-bond donors (Lipinski definition) is 0. The number of hydrogen-bond acceptors (Lipinski definition) is 6. The smallest absolute Gasteiger partial charge is 0.232 e. The zero-order valence-electron chi connectivity index (χ0n) is 8.38. The molecule has 0 radical (unpaired) electrons. The van der Waals surface area contributed by atoms with Crippen molar-refractivity contribution in [1.82, 2.24) is 4.58 Å². The monoisotopic (exact) mass is 257 g/mol. The average Bonchev–Trinajstić information content (AvgIpc) is 2.30. The quantitative estimate of drug-likeness (QED) is 0.327. The molecule has 0 spiro atoms. The summed E-state index contributed by atoms with van der Waals surface area (Å²) in [6.45, 7) is -0.331. The van der Waals surface area contributed by atoms with Gasteiger partial charge in [0.2, 0.25) is 10.4 Å². The first kappa shape index (κ1) is 12.9. The highest BCUT2D eigenvalue weighted by Crippen LogP contribution is 2.07. The Morgan fingerprint density at radius 1 is 1.41 bits per heavy atom. The van der Waals surface area contributed by atoms with Gasteiger partial charge in [0.25, 0.3) is 0 Å². The second-order valence-electron chi connectivity index (χ2n) is 2.80. The van der Waals surface area contributed by atoms with Crippen LogP contribution in [0.25, 0.3) is 0 Å². The van der Waals surface area contributed by atoms with Crippen LogP contribution in [-0.4, -0.2) is 18.0 Å². The van der Waals surface area contributed by atoms with E-state index in [0.29, 0.717) is 5.56 Å². The van der Waals surface area contributed by atoms with Crippen LogP contribution >= 0.6 is 0 Å². The van der Waals surface area contributed by atoms with Crippen molar-refractivity contribution in [3.8, 4) is 5.40 Å². The molecule has 0 aromatic heterocycles. The van der Waals surface area contributed by atoms with Gasteiger partial charge < -0.3 is 0 Å². The van der Waals surface area contributed by atoms with Crippen molar-refractivity contribution in [2.45, 2.75) is 6.61 Å². The number of thiocyanates is 1. The minimum atomic E-state index is -4.71. The Balaban J connectivity index is 2.78. The Morgan fingerprint density at radius 2 is 2.00 bits per heavy atom. The summed E-state index contributed by atoms with van der Waals surface area (Å²) < 4.78 is 21.4. The van der Waals surface area contributed by atoms with Crippen molar-refractivity contribution in [2.24, 2.45) is 0 Å². The molecule has 1 aromatic carbocycles. The maximum absolute atomic E-state index is 11.0. The number of rotatable bonds is 5. The lowest BCUT2D eigenvalue weighted by Gasteiger charge is -2.08. The number of nitro groups is 1. The maximum Gasteiger partial charge on any atom is 0.405 e. The van der Waals surface area contributed by atoms with E-state index in [4.69, 9.17) is 5.26 Å². The van der Waals surface area contributed by atoms with Gasteiger partial charge in [-0.2, -0.15) is 13.7 Å². The molecular weight excluding hydrogens is 250 g/mol. The molecule has 8 nitrogen and oxygen atoms in total. The third-order valence-electron chi connectivity index (χ3n) is 1.64. The van der Waals surface area contributed by atoms with Gasteiger partial charge in [0.05, 0.1) is 0 Å². The molecule has 0 heterocycles. The molecule has 0 aliphatic carbocycles. The molecule has 0 aliphatic heterocycles. The van der Waals surface area contributed by atoms with Crippen LogP contribution in [0.5, 0.6) is 0 Å². The summed E-state index contributed by atoms with van der Waals surface area (Å²) >= 11 is 0. The normalized spacial score (nSPS) is 10.5. The highest BCUT2D eigenvalue weighted by Gasteiger charge is 2.33. The zero-order chi connectivity index (χ0) is 12.9. The fourth-order valence-electron chi connectivity index (χ4n) is 0.943. The fourth-order valence-corrected chi connectivity index (χ4v) is 1.38. The second kappa shape index (κ2) is 5.24. The second-order valence-corrected chi connectivity index (χ2v) is 4.25. The SMILES string of the molecule is N#CS(=O)(=O)N(OCc1ccccc1)[N+](=O)[O-]. The van der Waals surface area contributed by atoms with Crippen molar-refractivity contribution >= 4 is 10.0 Å². The Morgan fingerprint density at radius 3 is 2.47 bits per heavy atom. The van der Waals surface area contributed by atoms with Crippen LogP contribution in [0.3, 0.4) is 0 Å². The number of sulfonamides is 1. The summed E-state index contributed by atoms with van der Waals surface area (Å²) in [5, 5.41) is 18.1. The van der Waals surface area contributed by atoms with Gasteiger partial charge in [-0.05, 0) is 5.56 Å². The predicted molar refractivity (Wildman–Crippen MR) is 54.6 cm³/mol. The van der Waals surface area contributed by atoms with Crippen LogP contribution in [0.15, 0.2) is 30.3 Å². The van der Waals surface area contributed by atoms with Crippen molar-refractivity contribution in [1.29, 1.82) is 5.26 Å². The summed E-state index contributed by atoms with van der Waals surface area (Å²) in [7, 11) is -4.71. The van der Waals surface area contributed by atoms with Gasteiger partial charge >= 0.3 is 10.0 Å². The van der Waals surface area contributed by atoms with Crippen molar-refractivity contribution < 1.29 is 18.3 Å². The molecule has 0 N–H and O–H groups in total. The van der Waals surface area contributed by atoms with E-state index in [1.165, 1.54) is 0 Å². The van der Waals surface area contributed by atoms with Gasteiger partial charge in [-0.25, -0.2) is 15.0 Å². The largest absolute Gasteiger partial charge is 0.405 e. The highest BCUT2D eigenvalue weighted by molar-refractivity contribution is 7.93. The minimum absolute atomic E-state index is 0.331. The number of benzene rings is 1. The molecule has 1 rings (SSSR count). The molecule has 0 saturated carbocycles. The minimum Gasteiger partial charge on any atom is -0.232 e. The first-order chi connectivity index (χ1) is 7.97. The Hall–Kier alpha value is -2.18. The lowest BCUT2D eigenvalue weighted by atomic mass is 10.2. The summed E-state index contributed by atoms with van der Waals surface area (Å²) in [6.07, 6.45) is 0. The summed E-state index contributed by atoms with van der Waals surface area (Å²) in [4.78, 5) is 14.9. The third-order valence-corrected chi connectivity index (χ3v) is 2.52. The molecule has 0 amide bonds. The van der Waals surface area contributed by atoms with E-state index >= 15 is 0 Å². The molecule has 17 heavy (non-hydrogen) atoms. The van der Waals surface area contributed by atoms with Crippen LogP contribution in [0.1, 0.15) is 5.56 Å². The van der Waals surface area contributed by atoms with Crippen molar-refractivity contribution in [2.75, 3.05) is 0 Å². The highest BCUT2D eigenvalue weighted by atomic mass is 32.2. The van der Waals surface area contributed by atoms with Gasteiger partial charge in [-0.1, -0.05) is 30.3 Å². The van der Waals surface area contributed by atoms with Crippen LogP contribution < -0.4 is 0 Å². The fraction of sp³-hybridized carbons (Fsp3) is 0.125. The molecule has 0 aliphatic rings. The molecule has 0 saturated heterocycles. The summed E-state index contributed by atoms with van der Waals surface area (Å²) in [5.41, 5.74) is 0.535. The first-order valence-electron chi connectivity index (χ1n) is 4.24. The van der Waals surface area contributed by atoms with Crippen LogP contribution in [0.2, 0.25) is 0 Å². The Labute approximate surface area is 96.8 Å². The summed E-state index contributed by atoms with van der Waals surface area (Å²) in [6, 6.07) is 8.23. The van der Waals surface area contributed by atoms with E-state index in [9.17, 15) is 18.5 Å². The number of nitrogens with zero attached hydrogens (tertiary/aromatic N) is 3. The molecule has 0 bridgehead atoms. The van der Waals surface area contributed by atoms with E-state index in [-0.39, 0.29) is 6.61 Å². The van der Waals surface area contributed by atoms with E-state index in [2.05, 4.69) is 4.84 Å². The standard InChI is InChI=1S/C8H7N3O5S/c9-7-17(14,15)11(10(12)13)16-6-8-4-2-1-3-5-8/h1-5H,6H2. The maximum atomic E-state index is 11.0. The molecule has 9 heteroatoms. The molecule has 0 unspecified atom stereocenters. The van der Waals surface area contributed by atoms with E-state index in [1.54, 1.807) is 30.3 Å². The molecule has 0 atom stereocenters. The molecular formula is C8H7N3O5S. The van der Waals surface area contributed by atoms with Crippen LogP contribution in [-0.2, 0) is 21.5 Å². The zero-order valence-corrected chi connectivity index (χ0v) is 9.20. The Kier molecular flexibility index (Phi) is 3.97. The van der Waals surface area contributed by atoms with Gasteiger partial charge in [0, 0.05) is 0 Å². The summed E-state index contributed by atoms with van der Waals surface area (Å²) in [5.74, 6) is 0. The third kappa shape index (κ3) is 3.40. The lowest BCUT2D eigenvalue weighted by Crippen LogP contribution is -2.35. The Bertz CT molecular complexity index is 536. The topological polar surface area (TPSA) is 114 Å². The van der Waals surface area contributed by atoms with Gasteiger partial charge in [0.1, 0.15) is 11.2 Å². The molecule has 1 aromatic rings. The molecule has 90 valence electrons. The van der Waals surface area contributed by atoms with Gasteiger partial charge in [-0.15, -0.1) is 0 Å². The van der Waals surface area contributed by atoms with Crippen molar-refractivity contribution in [3.63, 3.8) is 0 Å². The van der Waals surface area contributed by atoms with E-state index in [0.717, 1.165) is 5.40 Å². The van der Waals surface area contributed by atoms with Crippen LogP contribution in [0.4, 0.5) is 0 Å². The van der Waals surface area contributed by atoms with Crippen LogP contribution in [0, 0.1) is 20.8 Å². The number of nitriles is 1. The molecule has 0 fully saturated rings. The number of hydrazine groups is 1. The van der Waals surface area contributed by atoms with Gasteiger partial charge in [-0.3, -0.25) is 0 Å². The van der Waals surface area contributed by atoms with E-state index < -0.39 is 19.6 Å².